The lowest BCUT2D eigenvalue weighted by Gasteiger charge is -2.12. The molecule has 1 amide bonds. The van der Waals surface area contributed by atoms with E-state index >= 15 is 0 Å². The molecule has 0 radical (unpaired) electrons. The van der Waals surface area contributed by atoms with Crippen molar-refractivity contribution < 1.29 is 9.53 Å². The van der Waals surface area contributed by atoms with Gasteiger partial charge in [0.15, 0.2) is 0 Å². The van der Waals surface area contributed by atoms with E-state index in [9.17, 15) is 4.79 Å². The molecule has 0 atom stereocenters. The van der Waals surface area contributed by atoms with Crippen molar-refractivity contribution in [3.8, 4) is 5.75 Å². The van der Waals surface area contributed by atoms with Crippen molar-refractivity contribution in [3.63, 3.8) is 0 Å². The average molecular weight is 258 g/mol. The third-order valence-electron chi connectivity index (χ3n) is 2.82. The van der Waals surface area contributed by atoms with Crippen molar-refractivity contribution in [2.24, 2.45) is 0 Å². The predicted molar refractivity (Wildman–Crippen MR) is 76.0 cm³/mol. The molecule has 0 bridgehead atoms. The number of ether oxygens (including phenoxy) is 1. The second kappa shape index (κ2) is 5.71. The van der Waals surface area contributed by atoms with E-state index in [-0.39, 0.29) is 5.91 Å². The van der Waals surface area contributed by atoms with E-state index in [1.165, 1.54) is 0 Å². The molecule has 0 unspecified atom stereocenters. The van der Waals surface area contributed by atoms with Gasteiger partial charge >= 0.3 is 0 Å². The third kappa shape index (κ3) is 3.45. The smallest absolute Gasteiger partial charge is 0.238 e. The molecule has 0 fully saturated rings. The summed E-state index contributed by atoms with van der Waals surface area (Å²) in [4.78, 5) is 11.7. The second-order valence-electron chi connectivity index (χ2n) is 4.65. The van der Waals surface area contributed by atoms with Gasteiger partial charge in [-0.15, -0.1) is 0 Å². The Morgan fingerprint density at radius 3 is 2.53 bits per heavy atom. The van der Waals surface area contributed by atoms with E-state index in [1.54, 1.807) is 26.2 Å². The molecule has 1 N–H and O–H groups in total. The number of hydrogen-bond donors (Lipinski definition) is 1. The van der Waals surface area contributed by atoms with E-state index in [2.05, 4.69) is 5.43 Å². The number of fused-ring (bicyclic) bond motifs is 1. The van der Waals surface area contributed by atoms with Crippen LogP contribution >= 0.6 is 0 Å². The fourth-order valence-corrected chi connectivity index (χ4v) is 1.98. The molecule has 100 valence electrons. The number of rotatable bonds is 4. The zero-order valence-electron chi connectivity index (χ0n) is 11.4. The Morgan fingerprint density at radius 1 is 1.16 bits per heavy atom. The molecule has 4 nitrogen and oxygen atoms in total. The molecule has 0 aromatic heterocycles. The molecule has 19 heavy (non-hydrogen) atoms. The van der Waals surface area contributed by atoms with Gasteiger partial charge in [0.05, 0.1) is 13.5 Å². The molecule has 2 rings (SSSR count). The van der Waals surface area contributed by atoms with E-state index in [0.29, 0.717) is 6.42 Å². The van der Waals surface area contributed by atoms with Gasteiger partial charge in [-0.2, -0.15) is 0 Å². The number of carbonyl (C=O) groups excluding carboxylic acids is 1. The highest BCUT2D eigenvalue weighted by Gasteiger charge is 2.05. The van der Waals surface area contributed by atoms with Crippen LogP contribution in [0, 0.1) is 0 Å². The van der Waals surface area contributed by atoms with Crippen LogP contribution < -0.4 is 10.2 Å². The fourth-order valence-electron chi connectivity index (χ4n) is 1.98. The molecule has 0 saturated carbocycles. The van der Waals surface area contributed by atoms with Gasteiger partial charge in [0.2, 0.25) is 5.91 Å². The predicted octanol–water partition coefficient (Wildman–Crippen LogP) is 1.98. The molecule has 4 heteroatoms. The Bertz CT molecular complexity index is 594. The Balaban J connectivity index is 2.20. The second-order valence-corrected chi connectivity index (χ2v) is 4.65. The molecule has 0 spiro atoms. The summed E-state index contributed by atoms with van der Waals surface area (Å²) in [5.41, 5.74) is 3.73. The quantitative estimate of drug-likeness (QED) is 0.853. The van der Waals surface area contributed by atoms with Crippen molar-refractivity contribution in [3.05, 3.63) is 42.0 Å². The molecule has 0 saturated heterocycles. The number of methoxy groups -OCH3 is 1. The number of nitrogens with one attached hydrogen (secondary N) is 1. The lowest BCUT2D eigenvalue weighted by atomic mass is 10.0. The Kier molecular flexibility index (Phi) is 4.02. The van der Waals surface area contributed by atoms with Crippen LogP contribution in [0.15, 0.2) is 36.4 Å². The number of nitrogens with zero attached hydrogens (tertiary/aromatic N) is 1. The van der Waals surface area contributed by atoms with Gasteiger partial charge in [0.25, 0.3) is 0 Å². The average Bonchev–Trinajstić information content (AvgIpc) is 2.37. The largest absolute Gasteiger partial charge is 0.497 e. The molecular formula is C15H18N2O2. The topological polar surface area (TPSA) is 41.6 Å². The van der Waals surface area contributed by atoms with Crippen LogP contribution in [-0.2, 0) is 11.2 Å². The van der Waals surface area contributed by atoms with Crippen LogP contribution in [0.1, 0.15) is 5.56 Å². The van der Waals surface area contributed by atoms with Crippen molar-refractivity contribution >= 4 is 16.7 Å². The van der Waals surface area contributed by atoms with Crippen LogP contribution in [0.4, 0.5) is 0 Å². The van der Waals surface area contributed by atoms with Gasteiger partial charge in [-0.25, -0.2) is 5.01 Å². The molecule has 0 aliphatic carbocycles. The third-order valence-corrected chi connectivity index (χ3v) is 2.82. The summed E-state index contributed by atoms with van der Waals surface area (Å²) >= 11 is 0. The minimum absolute atomic E-state index is 0.0159. The summed E-state index contributed by atoms with van der Waals surface area (Å²) in [6, 6.07) is 11.9. The maximum atomic E-state index is 11.7. The number of amides is 1. The van der Waals surface area contributed by atoms with Gasteiger partial charge in [0, 0.05) is 14.1 Å². The fraction of sp³-hybridized carbons (Fsp3) is 0.267. The first-order valence-electron chi connectivity index (χ1n) is 6.12. The SMILES string of the molecule is COc1ccc2cc(CC(=O)NN(C)C)ccc2c1. The van der Waals surface area contributed by atoms with Crippen molar-refractivity contribution in [1.82, 2.24) is 10.4 Å². The van der Waals surface area contributed by atoms with Crippen LogP contribution in [0.25, 0.3) is 10.8 Å². The molecule has 0 heterocycles. The lowest BCUT2D eigenvalue weighted by molar-refractivity contribution is -0.124. The summed E-state index contributed by atoms with van der Waals surface area (Å²) in [6.45, 7) is 0. The summed E-state index contributed by atoms with van der Waals surface area (Å²) in [5.74, 6) is 0.823. The number of carbonyl (C=O) groups is 1. The normalized spacial score (nSPS) is 10.7. The Hall–Kier alpha value is -2.07. The van der Waals surface area contributed by atoms with Gasteiger partial charge < -0.3 is 4.74 Å². The maximum Gasteiger partial charge on any atom is 0.238 e. The highest BCUT2D eigenvalue weighted by molar-refractivity contribution is 5.86. The van der Waals surface area contributed by atoms with Crippen molar-refractivity contribution in [1.29, 1.82) is 0 Å². The number of benzene rings is 2. The van der Waals surface area contributed by atoms with Gasteiger partial charge in [-0.3, -0.25) is 10.2 Å². The number of hydrogen-bond acceptors (Lipinski definition) is 3. The van der Waals surface area contributed by atoms with Crippen molar-refractivity contribution in [2.45, 2.75) is 6.42 Å². The zero-order chi connectivity index (χ0) is 13.8. The monoisotopic (exact) mass is 258 g/mol. The van der Waals surface area contributed by atoms with Crippen molar-refractivity contribution in [2.75, 3.05) is 21.2 Å². The summed E-state index contributed by atoms with van der Waals surface area (Å²) in [6.07, 6.45) is 0.375. The standard InChI is InChI=1S/C15H18N2O2/c1-17(2)16-15(18)9-11-4-5-13-10-14(19-3)7-6-12(13)8-11/h4-8,10H,9H2,1-3H3,(H,16,18). The summed E-state index contributed by atoms with van der Waals surface area (Å²) < 4.78 is 5.19. The highest BCUT2D eigenvalue weighted by Crippen LogP contribution is 2.22. The van der Waals surface area contributed by atoms with Crippen LogP contribution in [0.2, 0.25) is 0 Å². The van der Waals surface area contributed by atoms with E-state index in [4.69, 9.17) is 4.74 Å². The molecule has 2 aromatic carbocycles. The zero-order valence-corrected chi connectivity index (χ0v) is 11.4. The minimum atomic E-state index is -0.0159. The Morgan fingerprint density at radius 2 is 1.84 bits per heavy atom. The van der Waals surface area contributed by atoms with Gasteiger partial charge in [-0.05, 0) is 28.5 Å². The van der Waals surface area contributed by atoms with E-state index in [1.807, 2.05) is 36.4 Å². The maximum absolute atomic E-state index is 11.7. The van der Waals surface area contributed by atoms with E-state index in [0.717, 1.165) is 22.1 Å². The molecular weight excluding hydrogens is 240 g/mol. The number of hydrazine groups is 1. The summed E-state index contributed by atoms with van der Waals surface area (Å²) in [5, 5.41) is 3.86. The molecule has 0 aliphatic rings. The first kappa shape index (κ1) is 13.4. The highest BCUT2D eigenvalue weighted by atomic mass is 16.5. The van der Waals surface area contributed by atoms with Crippen LogP contribution in [0.5, 0.6) is 5.75 Å². The van der Waals surface area contributed by atoms with Gasteiger partial charge in [-0.1, -0.05) is 24.3 Å². The summed E-state index contributed by atoms with van der Waals surface area (Å²) in [7, 11) is 5.25. The van der Waals surface area contributed by atoms with E-state index < -0.39 is 0 Å². The first-order valence-corrected chi connectivity index (χ1v) is 6.12. The van der Waals surface area contributed by atoms with Crippen LogP contribution in [-0.4, -0.2) is 32.1 Å². The minimum Gasteiger partial charge on any atom is -0.497 e. The lowest BCUT2D eigenvalue weighted by Crippen LogP contribution is -2.37. The first-order chi connectivity index (χ1) is 9.08. The Labute approximate surface area is 112 Å². The molecule has 2 aromatic rings. The van der Waals surface area contributed by atoms with Crippen LogP contribution in [0.3, 0.4) is 0 Å². The van der Waals surface area contributed by atoms with Gasteiger partial charge in [0.1, 0.15) is 5.75 Å². The molecule has 0 aliphatic heterocycles.